The second kappa shape index (κ2) is 9.18. The van der Waals surface area contributed by atoms with Crippen molar-refractivity contribution in [3.05, 3.63) is 90.5 Å². The standard InChI is InChI=1S/C25H23N3O2/c29-23(30)16-15-20(17-18-9-3-1-4-10-18)26-25-27-22-14-8-7-13-21(22)24(28-25)19-11-5-2-6-12-19/h1-14,20H,15-17H2,(H,29,30)(H,26,27,28). The predicted molar refractivity (Wildman–Crippen MR) is 119 cm³/mol. The molecule has 0 aliphatic rings. The van der Waals surface area contributed by atoms with Gasteiger partial charge in [0.25, 0.3) is 0 Å². The molecule has 1 heterocycles. The van der Waals surface area contributed by atoms with Gasteiger partial charge < -0.3 is 10.4 Å². The summed E-state index contributed by atoms with van der Waals surface area (Å²) < 4.78 is 0. The van der Waals surface area contributed by atoms with Crippen LogP contribution in [-0.4, -0.2) is 27.1 Å². The molecule has 5 nitrogen and oxygen atoms in total. The van der Waals surface area contributed by atoms with Gasteiger partial charge in [-0.25, -0.2) is 9.97 Å². The topological polar surface area (TPSA) is 75.1 Å². The molecule has 1 unspecified atom stereocenters. The minimum Gasteiger partial charge on any atom is -0.481 e. The molecule has 0 aliphatic heterocycles. The normalized spacial score (nSPS) is 11.9. The van der Waals surface area contributed by atoms with Crippen molar-refractivity contribution in [1.82, 2.24) is 9.97 Å². The summed E-state index contributed by atoms with van der Waals surface area (Å²) in [5.41, 5.74) is 3.87. The average molecular weight is 397 g/mol. The third kappa shape index (κ3) is 4.81. The maximum atomic E-state index is 11.2. The van der Waals surface area contributed by atoms with Gasteiger partial charge in [0.05, 0.1) is 11.2 Å². The number of aliphatic carboxylic acids is 1. The summed E-state index contributed by atoms with van der Waals surface area (Å²) in [5.74, 6) is -0.293. The Hall–Kier alpha value is -3.73. The number of rotatable bonds is 8. The monoisotopic (exact) mass is 397 g/mol. The average Bonchev–Trinajstić information content (AvgIpc) is 2.78. The summed E-state index contributed by atoms with van der Waals surface area (Å²) in [6.07, 6.45) is 1.27. The van der Waals surface area contributed by atoms with E-state index < -0.39 is 5.97 Å². The van der Waals surface area contributed by atoms with E-state index in [0.717, 1.165) is 27.7 Å². The first-order valence-corrected chi connectivity index (χ1v) is 10.0. The minimum atomic E-state index is -0.806. The zero-order valence-electron chi connectivity index (χ0n) is 16.5. The van der Waals surface area contributed by atoms with E-state index in [1.165, 1.54) is 0 Å². The number of carboxylic acid groups (broad SMARTS) is 1. The maximum absolute atomic E-state index is 11.2. The number of nitrogens with zero attached hydrogens (tertiary/aromatic N) is 2. The van der Waals surface area contributed by atoms with Gasteiger partial charge in [-0.2, -0.15) is 0 Å². The van der Waals surface area contributed by atoms with E-state index >= 15 is 0 Å². The van der Waals surface area contributed by atoms with Crippen LogP contribution in [0.3, 0.4) is 0 Å². The lowest BCUT2D eigenvalue weighted by atomic mass is 10.0. The van der Waals surface area contributed by atoms with Gasteiger partial charge in [0, 0.05) is 23.4 Å². The lowest BCUT2D eigenvalue weighted by molar-refractivity contribution is -0.137. The summed E-state index contributed by atoms with van der Waals surface area (Å²) in [6, 6.07) is 27.9. The molecule has 1 atom stereocenters. The van der Waals surface area contributed by atoms with Crippen LogP contribution in [0, 0.1) is 0 Å². The molecule has 0 saturated heterocycles. The molecule has 0 radical (unpaired) electrons. The molecule has 4 rings (SSSR count). The minimum absolute atomic E-state index is 0.0869. The van der Waals surface area contributed by atoms with Crippen LogP contribution in [0.25, 0.3) is 22.2 Å². The Balaban J connectivity index is 1.68. The molecule has 5 heteroatoms. The Morgan fingerprint density at radius 2 is 1.53 bits per heavy atom. The number of aromatic nitrogens is 2. The zero-order chi connectivity index (χ0) is 20.8. The van der Waals surface area contributed by atoms with Gasteiger partial charge in [0.1, 0.15) is 0 Å². The Kier molecular flexibility index (Phi) is 5.99. The number of hydrogen-bond acceptors (Lipinski definition) is 4. The summed E-state index contributed by atoms with van der Waals surface area (Å²) >= 11 is 0. The fraction of sp³-hybridized carbons (Fsp3) is 0.160. The van der Waals surface area contributed by atoms with Crippen LogP contribution < -0.4 is 5.32 Å². The molecular formula is C25H23N3O2. The van der Waals surface area contributed by atoms with Crippen LogP contribution in [0.2, 0.25) is 0 Å². The van der Waals surface area contributed by atoms with Crippen LogP contribution in [0.5, 0.6) is 0 Å². The quantitative estimate of drug-likeness (QED) is 0.428. The second-order valence-electron chi connectivity index (χ2n) is 7.24. The van der Waals surface area contributed by atoms with E-state index in [2.05, 4.69) is 5.32 Å². The fourth-order valence-corrected chi connectivity index (χ4v) is 3.56. The number of fused-ring (bicyclic) bond motifs is 1. The largest absolute Gasteiger partial charge is 0.481 e. The summed E-state index contributed by atoms with van der Waals surface area (Å²) in [7, 11) is 0. The molecule has 3 aromatic carbocycles. The first-order valence-electron chi connectivity index (χ1n) is 10.0. The van der Waals surface area contributed by atoms with Crippen molar-refractivity contribution in [3.8, 4) is 11.3 Å². The second-order valence-corrected chi connectivity index (χ2v) is 7.24. The maximum Gasteiger partial charge on any atom is 0.303 e. The number of para-hydroxylation sites is 1. The third-order valence-electron chi connectivity index (χ3n) is 5.02. The number of nitrogens with one attached hydrogen (secondary N) is 1. The molecule has 2 N–H and O–H groups in total. The first kappa shape index (κ1) is 19.6. The molecule has 0 amide bonds. The number of benzene rings is 3. The van der Waals surface area contributed by atoms with Crippen molar-refractivity contribution in [2.24, 2.45) is 0 Å². The Morgan fingerprint density at radius 3 is 2.27 bits per heavy atom. The first-order chi connectivity index (χ1) is 14.7. The number of carbonyl (C=O) groups is 1. The van der Waals surface area contributed by atoms with E-state index in [1.54, 1.807) is 0 Å². The third-order valence-corrected chi connectivity index (χ3v) is 5.02. The van der Waals surface area contributed by atoms with Gasteiger partial charge >= 0.3 is 5.97 Å². The van der Waals surface area contributed by atoms with Crippen molar-refractivity contribution < 1.29 is 9.90 Å². The van der Waals surface area contributed by atoms with Gasteiger partial charge in [-0.1, -0.05) is 78.9 Å². The van der Waals surface area contributed by atoms with Crippen molar-refractivity contribution in [1.29, 1.82) is 0 Å². The van der Waals surface area contributed by atoms with Gasteiger partial charge in [0.2, 0.25) is 5.95 Å². The van der Waals surface area contributed by atoms with E-state index in [9.17, 15) is 4.79 Å². The lowest BCUT2D eigenvalue weighted by Gasteiger charge is -2.19. The molecule has 4 aromatic rings. The van der Waals surface area contributed by atoms with E-state index in [0.29, 0.717) is 18.8 Å². The molecular weight excluding hydrogens is 374 g/mol. The highest BCUT2D eigenvalue weighted by atomic mass is 16.4. The van der Waals surface area contributed by atoms with Crippen molar-refractivity contribution in [3.63, 3.8) is 0 Å². The van der Waals surface area contributed by atoms with Crippen LogP contribution in [0.15, 0.2) is 84.9 Å². The zero-order valence-corrected chi connectivity index (χ0v) is 16.5. The lowest BCUT2D eigenvalue weighted by Crippen LogP contribution is -2.25. The highest BCUT2D eigenvalue weighted by Gasteiger charge is 2.15. The molecule has 0 bridgehead atoms. The predicted octanol–water partition coefficient (Wildman–Crippen LogP) is 5.18. The van der Waals surface area contributed by atoms with Crippen LogP contribution in [-0.2, 0) is 11.2 Å². The Bertz CT molecular complexity index is 1130. The smallest absolute Gasteiger partial charge is 0.303 e. The van der Waals surface area contributed by atoms with Crippen LogP contribution in [0.4, 0.5) is 5.95 Å². The van der Waals surface area contributed by atoms with E-state index in [-0.39, 0.29) is 12.5 Å². The van der Waals surface area contributed by atoms with Gasteiger partial charge in [-0.15, -0.1) is 0 Å². The van der Waals surface area contributed by atoms with Crippen molar-refractivity contribution >= 4 is 22.8 Å². The highest BCUT2D eigenvalue weighted by Crippen LogP contribution is 2.27. The van der Waals surface area contributed by atoms with Crippen molar-refractivity contribution in [2.75, 3.05) is 5.32 Å². The van der Waals surface area contributed by atoms with E-state index in [4.69, 9.17) is 15.1 Å². The molecule has 1 aromatic heterocycles. The van der Waals surface area contributed by atoms with E-state index in [1.807, 2.05) is 84.9 Å². The molecule has 30 heavy (non-hydrogen) atoms. The number of carboxylic acids is 1. The number of anilines is 1. The molecule has 0 aliphatic carbocycles. The molecule has 0 spiro atoms. The number of hydrogen-bond donors (Lipinski definition) is 2. The Morgan fingerprint density at radius 1 is 0.867 bits per heavy atom. The summed E-state index contributed by atoms with van der Waals surface area (Å²) in [6.45, 7) is 0. The van der Waals surface area contributed by atoms with Gasteiger partial charge in [0.15, 0.2) is 0 Å². The SMILES string of the molecule is O=C(O)CCC(Cc1ccccc1)Nc1nc(-c2ccccc2)c2ccccc2n1. The molecule has 150 valence electrons. The van der Waals surface area contributed by atoms with Gasteiger partial charge in [-0.05, 0) is 24.5 Å². The van der Waals surface area contributed by atoms with Gasteiger partial charge in [-0.3, -0.25) is 4.79 Å². The fourth-order valence-electron chi connectivity index (χ4n) is 3.56. The Labute approximate surface area is 175 Å². The summed E-state index contributed by atoms with van der Waals surface area (Å²) in [4.78, 5) is 20.7. The summed E-state index contributed by atoms with van der Waals surface area (Å²) in [5, 5.41) is 13.6. The molecule has 0 saturated carbocycles. The van der Waals surface area contributed by atoms with Crippen LogP contribution >= 0.6 is 0 Å². The van der Waals surface area contributed by atoms with Crippen LogP contribution in [0.1, 0.15) is 18.4 Å². The highest BCUT2D eigenvalue weighted by molar-refractivity contribution is 5.93. The molecule has 0 fully saturated rings. The van der Waals surface area contributed by atoms with Crippen molar-refractivity contribution in [2.45, 2.75) is 25.3 Å².